The smallest absolute Gasteiger partial charge is 0.329 e. The number of hydrogen-bond donors (Lipinski definition) is 4. The van der Waals surface area contributed by atoms with Crippen LogP contribution in [0.15, 0.2) is 23.3 Å². The molecular formula is C41H65NO11. The number of cyclic esters (lactones) is 1. The van der Waals surface area contributed by atoms with Crippen LogP contribution in [0.4, 0.5) is 0 Å². The highest BCUT2D eigenvalue weighted by Crippen LogP contribution is 2.39. The Morgan fingerprint density at radius 1 is 0.925 bits per heavy atom. The maximum atomic E-state index is 14.1. The van der Waals surface area contributed by atoms with E-state index in [2.05, 4.69) is 0 Å². The van der Waals surface area contributed by atoms with Gasteiger partial charge >= 0.3 is 5.97 Å². The molecule has 4 N–H and O–H groups in total. The molecule has 1 saturated carbocycles. The van der Waals surface area contributed by atoms with Gasteiger partial charge in [0.1, 0.15) is 17.9 Å². The van der Waals surface area contributed by atoms with E-state index in [0.717, 1.165) is 0 Å². The maximum Gasteiger partial charge on any atom is 0.329 e. The predicted octanol–water partition coefficient (Wildman–Crippen LogP) is 4.05. The minimum absolute atomic E-state index is 0.00370. The Bertz CT molecular complexity index is 1380. The highest BCUT2D eigenvalue weighted by Gasteiger charge is 2.51. The van der Waals surface area contributed by atoms with E-state index >= 15 is 0 Å². The summed E-state index contributed by atoms with van der Waals surface area (Å²) in [6, 6.07) is -1.10. The fraction of sp³-hybridized carbons (Fsp3) is 0.805. The van der Waals surface area contributed by atoms with E-state index in [0.29, 0.717) is 56.1 Å². The van der Waals surface area contributed by atoms with E-state index in [9.17, 15) is 39.6 Å². The zero-order valence-corrected chi connectivity index (χ0v) is 33.0. The van der Waals surface area contributed by atoms with Crippen molar-refractivity contribution in [2.75, 3.05) is 13.7 Å². The van der Waals surface area contributed by atoms with Crippen LogP contribution in [-0.2, 0) is 33.4 Å². The summed E-state index contributed by atoms with van der Waals surface area (Å²) in [6.45, 7) is 12.9. The number of aliphatic hydroxyl groups excluding tert-OH is 3. The van der Waals surface area contributed by atoms with E-state index in [1.165, 1.54) is 4.90 Å². The van der Waals surface area contributed by atoms with Crippen molar-refractivity contribution in [2.45, 2.75) is 161 Å². The van der Waals surface area contributed by atoms with E-state index in [1.807, 2.05) is 26.8 Å². The molecule has 300 valence electrons. The van der Waals surface area contributed by atoms with E-state index in [-0.39, 0.29) is 61.4 Å². The van der Waals surface area contributed by atoms with E-state index in [4.69, 9.17) is 14.2 Å². The summed E-state index contributed by atoms with van der Waals surface area (Å²) >= 11 is 0. The van der Waals surface area contributed by atoms with Gasteiger partial charge < -0.3 is 39.5 Å². The van der Waals surface area contributed by atoms with Gasteiger partial charge in [0.25, 0.3) is 11.7 Å². The zero-order valence-electron chi connectivity index (χ0n) is 33.0. The Hall–Kier alpha value is -2.48. The van der Waals surface area contributed by atoms with Crippen molar-refractivity contribution >= 4 is 23.4 Å². The number of ether oxygens (including phenoxy) is 3. The van der Waals surface area contributed by atoms with E-state index < -0.39 is 71.8 Å². The number of allylic oxidation sites excluding steroid dienone is 2. The Morgan fingerprint density at radius 2 is 1.62 bits per heavy atom. The van der Waals surface area contributed by atoms with Crippen molar-refractivity contribution in [1.29, 1.82) is 0 Å². The van der Waals surface area contributed by atoms with Crippen LogP contribution < -0.4 is 0 Å². The van der Waals surface area contributed by atoms with Crippen molar-refractivity contribution in [3.05, 3.63) is 23.3 Å². The Balaban J connectivity index is 1.72. The number of aliphatic hydroxyl groups is 4. The molecule has 14 atom stereocenters. The minimum atomic E-state index is -2.37. The average molecular weight is 748 g/mol. The van der Waals surface area contributed by atoms with Gasteiger partial charge in [0.2, 0.25) is 5.79 Å². The van der Waals surface area contributed by atoms with Gasteiger partial charge in [-0.2, -0.15) is 0 Å². The van der Waals surface area contributed by atoms with Gasteiger partial charge in [0.05, 0.1) is 30.5 Å². The first kappa shape index (κ1) is 43.3. The second-order valence-electron chi connectivity index (χ2n) is 16.8. The quantitative estimate of drug-likeness (QED) is 0.186. The van der Waals surface area contributed by atoms with Crippen LogP contribution in [0.25, 0.3) is 0 Å². The molecule has 3 fully saturated rings. The van der Waals surface area contributed by atoms with E-state index in [1.54, 1.807) is 40.9 Å². The molecule has 0 spiro atoms. The molecule has 2 bridgehead atoms. The van der Waals surface area contributed by atoms with Gasteiger partial charge in [-0.15, -0.1) is 0 Å². The summed E-state index contributed by atoms with van der Waals surface area (Å²) in [4.78, 5) is 56.7. The number of amides is 1. The molecule has 2 saturated heterocycles. The number of rotatable bonds is 3. The molecule has 53 heavy (non-hydrogen) atoms. The van der Waals surface area contributed by atoms with Crippen LogP contribution in [0.5, 0.6) is 0 Å². The second kappa shape index (κ2) is 18.4. The molecule has 3 aliphatic heterocycles. The number of esters is 1. The molecule has 4 rings (SSSR count). The van der Waals surface area contributed by atoms with Crippen LogP contribution in [0.3, 0.4) is 0 Å². The normalized spacial score (nSPS) is 43.2. The first-order valence-corrected chi connectivity index (χ1v) is 19.8. The van der Waals surface area contributed by atoms with Crippen LogP contribution in [0.2, 0.25) is 0 Å². The van der Waals surface area contributed by atoms with Crippen LogP contribution in [0, 0.1) is 35.5 Å². The maximum absolute atomic E-state index is 14.1. The Kier molecular flexibility index (Phi) is 15.0. The minimum Gasteiger partial charge on any atom is -0.456 e. The van der Waals surface area contributed by atoms with Crippen molar-refractivity contribution in [3.8, 4) is 0 Å². The van der Waals surface area contributed by atoms with Crippen molar-refractivity contribution < 1.29 is 53.8 Å². The highest BCUT2D eigenvalue weighted by atomic mass is 16.6. The average Bonchev–Trinajstić information content (AvgIpc) is 3.13. The number of carbonyl (C=O) groups is 4. The summed E-state index contributed by atoms with van der Waals surface area (Å²) in [6.07, 6.45) is 2.94. The third-order valence-electron chi connectivity index (χ3n) is 12.5. The molecule has 1 amide bonds. The standard InChI is InChI=1S/C41H65NO11/c1-22-14-15-41(50)38(47)39(48)42-16-10-9-11-30(42)40(49)52-37(27(6)19-29-12-13-31(43)34(20-29)51-8)28(7)33(45)21-32(44)23(2)17-24(3)35(46)25(4)18-26(5)36(22)53-41/h17,19,22-23,25-26,28-31,33-37,43,45-46,50H,9-16,18,20-21H2,1-8H3/b24-17+,27-19+/t22-,23+,25+,26-,28+,29-,30?,31?,33?,34?,35?,36?,37?,41?/m0/s1. The number of carbonyl (C=O) groups excluding carboxylic acids is 4. The SMILES string of the molecule is COC1C[C@H](/C=C(\C)C2OC(=O)C3CCCCN3C(=O)C(=O)C3(O)CC[C@H](C)C(O3)[C@@H](C)C[C@@H](C)C(O)/C(C)=C/[C@@H](C)C(=O)CC(O)[C@H]2C)CCC1O. The largest absolute Gasteiger partial charge is 0.456 e. The fourth-order valence-electron chi connectivity index (χ4n) is 9.05. The van der Waals surface area contributed by atoms with Crippen molar-refractivity contribution in [3.63, 3.8) is 0 Å². The first-order valence-electron chi connectivity index (χ1n) is 19.8. The van der Waals surface area contributed by atoms with Crippen molar-refractivity contribution in [2.24, 2.45) is 35.5 Å². The Labute approximate surface area is 315 Å². The molecule has 1 aliphatic carbocycles. The Morgan fingerprint density at radius 3 is 2.30 bits per heavy atom. The summed E-state index contributed by atoms with van der Waals surface area (Å²) in [5, 5.41) is 44.8. The van der Waals surface area contributed by atoms with Crippen LogP contribution in [0.1, 0.15) is 113 Å². The molecule has 12 nitrogen and oxygen atoms in total. The lowest BCUT2D eigenvalue weighted by atomic mass is 9.79. The molecule has 0 aromatic carbocycles. The molecule has 4 aliphatic rings. The number of ketones is 2. The van der Waals surface area contributed by atoms with Crippen LogP contribution >= 0.6 is 0 Å². The number of piperidine rings is 1. The van der Waals surface area contributed by atoms with Crippen LogP contribution in [-0.4, -0.2) is 111 Å². The van der Waals surface area contributed by atoms with Gasteiger partial charge in [-0.25, -0.2) is 4.79 Å². The zero-order chi connectivity index (χ0) is 39.4. The number of hydrogen-bond acceptors (Lipinski definition) is 11. The topological polar surface area (TPSA) is 180 Å². The number of Topliss-reactive ketones (excluding diaryl/α,β-unsaturated/α-hetero) is 2. The van der Waals surface area contributed by atoms with Crippen molar-refractivity contribution in [1.82, 2.24) is 4.90 Å². The molecule has 0 radical (unpaired) electrons. The monoisotopic (exact) mass is 747 g/mol. The fourth-order valence-corrected chi connectivity index (χ4v) is 9.05. The molecule has 0 aromatic rings. The van der Waals surface area contributed by atoms with Gasteiger partial charge in [-0.1, -0.05) is 46.8 Å². The lowest BCUT2D eigenvalue weighted by molar-refractivity contribution is -0.261. The second-order valence-corrected chi connectivity index (χ2v) is 16.8. The molecule has 8 unspecified atom stereocenters. The van der Waals surface area contributed by atoms with Gasteiger partial charge in [0.15, 0.2) is 0 Å². The van der Waals surface area contributed by atoms with Gasteiger partial charge in [-0.05, 0) is 100 Å². The molecule has 0 aromatic heterocycles. The lowest BCUT2D eigenvalue weighted by Crippen LogP contribution is -2.59. The third-order valence-corrected chi connectivity index (χ3v) is 12.5. The molecular weight excluding hydrogens is 682 g/mol. The lowest BCUT2D eigenvalue weighted by Gasteiger charge is -2.43. The first-order chi connectivity index (χ1) is 24.9. The molecule has 12 heteroatoms. The summed E-state index contributed by atoms with van der Waals surface area (Å²) in [5.41, 5.74) is 1.26. The third kappa shape index (κ3) is 10.2. The number of nitrogens with zero attached hydrogens (tertiary/aromatic N) is 1. The number of fused-ring (bicyclic) bond motifs is 3. The number of methoxy groups -OCH3 is 1. The summed E-state index contributed by atoms with van der Waals surface area (Å²) in [7, 11) is 1.56. The van der Waals surface area contributed by atoms with Gasteiger partial charge in [0, 0.05) is 38.3 Å². The summed E-state index contributed by atoms with van der Waals surface area (Å²) < 4.78 is 17.8. The van der Waals surface area contributed by atoms with Gasteiger partial charge in [-0.3, -0.25) is 14.4 Å². The predicted molar refractivity (Wildman–Crippen MR) is 197 cm³/mol. The molecule has 3 heterocycles. The summed E-state index contributed by atoms with van der Waals surface area (Å²) in [5.74, 6) is -7.30. The highest BCUT2D eigenvalue weighted by molar-refractivity contribution is 6.39.